The number of rotatable bonds is 3. The summed E-state index contributed by atoms with van der Waals surface area (Å²) < 4.78 is 39.3. The summed E-state index contributed by atoms with van der Waals surface area (Å²) in [6, 6.07) is 7.39. The number of para-hydroxylation sites is 1. The van der Waals surface area contributed by atoms with Crippen LogP contribution in [0.4, 0.5) is 18.9 Å². The maximum absolute atomic E-state index is 13.1. The van der Waals surface area contributed by atoms with Crippen molar-refractivity contribution in [2.45, 2.75) is 51.1 Å². The Balaban J connectivity index is 1.87. The minimum Gasteiger partial charge on any atom is -0.321 e. The van der Waals surface area contributed by atoms with Crippen LogP contribution in [0.2, 0.25) is 0 Å². The third kappa shape index (κ3) is 4.03. The summed E-state index contributed by atoms with van der Waals surface area (Å²) in [7, 11) is 0. The van der Waals surface area contributed by atoms with Gasteiger partial charge in [0, 0.05) is 5.69 Å². The summed E-state index contributed by atoms with van der Waals surface area (Å²) in [5, 5.41) is 2.90. The Labute approximate surface area is 148 Å². The summed E-state index contributed by atoms with van der Waals surface area (Å²) in [5.41, 5.74) is 0.492. The number of hydrogen-bond donors (Lipinski definition) is 1. The Hall–Kier alpha value is -1.89. The second kappa shape index (κ2) is 7.15. The minimum absolute atomic E-state index is 0.220. The van der Waals surface area contributed by atoms with Crippen molar-refractivity contribution in [2.24, 2.45) is 0 Å². The summed E-state index contributed by atoms with van der Waals surface area (Å²) in [5.74, 6) is -0.406. The molecule has 1 aromatic carbocycles. The molecule has 3 rings (SSSR count). The van der Waals surface area contributed by atoms with Crippen LogP contribution in [0.25, 0.3) is 0 Å². The van der Waals surface area contributed by atoms with E-state index in [1.807, 2.05) is 12.1 Å². The molecule has 25 heavy (non-hydrogen) atoms. The molecular weight excluding hydrogens is 349 g/mol. The molecule has 3 nitrogen and oxygen atoms in total. The zero-order valence-corrected chi connectivity index (χ0v) is 14.6. The van der Waals surface area contributed by atoms with Crippen molar-refractivity contribution in [1.29, 1.82) is 0 Å². The second-order valence-electron chi connectivity index (χ2n) is 6.28. The van der Waals surface area contributed by atoms with E-state index in [1.54, 1.807) is 12.1 Å². The van der Waals surface area contributed by atoms with E-state index in [2.05, 4.69) is 10.3 Å². The average Bonchev–Trinajstić information content (AvgIpc) is 2.99. The fourth-order valence-corrected chi connectivity index (χ4v) is 4.17. The average molecular weight is 368 g/mol. The van der Waals surface area contributed by atoms with Crippen molar-refractivity contribution >= 4 is 22.9 Å². The lowest BCUT2D eigenvalue weighted by Gasteiger charge is -2.24. The molecule has 7 heteroatoms. The van der Waals surface area contributed by atoms with Crippen LogP contribution in [-0.2, 0) is 6.18 Å². The van der Waals surface area contributed by atoms with Crippen molar-refractivity contribution in [3.8, 4) is 0 Å². The molecule has 1 aliphatic rings. The molecule has 0 unspecified atom stereocenters. The molecular formula is C18H19F3N2OS. The molecule has 1 aromatic heterocycles. The first-order valence-corrected chi connectivity index (χ1v) is 9.13. The van der Waals surface area contributed by atoms with E-state index >= 15 is 0 Å². The number of alkyl halides is 3. The number of nitrogens with zero attached hydrogens (tertiary/aromatic N) is 1. The first kappa shape index (κ1) is 17.9. The van der Waals surface area contributed by atoms with Gasteiger partial charge in [0.1, 0.15) is 4.88 Å². The third-order valence-electron chi connectivity index (χ3n) is 4.46. The van der Waals surface area contributed by atoms with Crippen LogP contribution in [0.15, 0.2) is 24.3 Å². The lowest BCUT2D eigenvalue weighted by molar-refractivity contribution is -0.141. The monoisotopic (exact) mass is 368 g/mol. The number of carbonyl (C=O) groups is 1. The topological polar surface area (TPSA) is 42.0 Å². The first-order valence-electron chi connectivity index (χ1n) is 8.31. The van der Waals surface area contributed by atoms with Crippen LogP contribution in [0.3, 0.4) is 0 Å². The molecule has 1 saturated carbocycles. The van der Waals surface area contributed by atoms with Crippen LogP contribution in [0.1, 0.15) is 64.0 Å². The van der Waals surface area contributed by atoms with Gasteiger partial charge in [-0.05, 0) is 37.3 Å². The quantitative estimate of drug-likeness (QED) is 0.747. The number of carbonyl (C=O) groups excluding carboxylic acids is 1. The smallest absolute Gasteiger partial charge is 0.321 e. The van der Waals surface area contributed by atoms with Gasteiger partial charge in [0.2, 0.25) is 0 Å². The van der Waals surface area contributed by atoms with Gasteiger partial charge < -0.3 is 5.32 Å². The summed E-state index contributed by atoms with van der Waals surface area (Å²) >= 11 is 0.767. The summed E-state index contributed by atoms with van der Waals surface area (Å²) in [6.45, 7) is 1.46. The number of hydrogen-bond acceptors (Lipinski definition) is 3. The van der Waals surface area contributed by atoms with Gasteiger partial charge in [0.05, 0.1) is 5.01 Å². The summed E-state index contributed by atoms with van der Waals surface area (Å²) in [4.78, 5) is 15.6. The van der Waals surface area contributed by atoms with Crippen molar-refractivity contribution < 1.29 is 18.0 Å². The number of thiazole rings is 1. The van der Waals surface area contributed by atoms with E-state index in [0.29, 0.717) is 11.6 Å². The van der Waals surface area contributed by atoms with Gasteiger partial charge in [-0.3, -0.25) is 4.79 Å². The summed E-state index contributed by atoms with van der Waals surface area (Å²) in [6.07, 6.45) is 0.930. The molecule has 134 valence electrons. The lowest BCUT2D eigenvalue weighted by Crippen LogP contribution is -2.18. The molecule has 0 bridgehead atoms. The molecule has 0 radical (unpaired) electrons. The maximum atomic E-state index is 13.1. The maximum Gasteiger partial charge on any atom is 0.435 e. The Bertz CT molecular complexity index is 764. The van der Waals surface area contributed by atoms with Gasteiger partial charge >= 0.3 is 6.18 Å². The fourth-order valence-electron chi connectivity index (χ4n) is 3.33. The van der Waals surface area contributed by atoms with Crippen LogP contribution >= 0.6 is 11.3 Å². The molecule has 0 atom stereocenters. The van der Waals surface area contributed by atoms with Crippen molar-refractivity contribution in [2.75, 3.05) is 5.32 Å². The van der Waals surface area contributed by atoms with E-state index in [0.717, 1.165) is 42.6 Å². The predicted octanol–water partition coefficient (Wildman–Crippen LogP) is 5.77. The standard InChI is InChI=1S/C18H19F3N2OS/c1-11-22-16(18(19,20)21)15(25-11)17(24)23-14-10-6-5-9-13(14)12-7-3-2-4-8-12/h5-6,9-10,12H,2-4,7-8H2,1H3,(H,23,24). The highest BCUT2D eigenvalue weighted by Crippen LogP contribution is 2.38. The zero-order valence-electron chi connectivity index (χ0n) is 13.8. The van der Waals surface area contributed by atoms with Gasteiger partial charge in [-0.1, -0.05) is 37.5 Å². The highest BCUT2D eigenvalue weighted by molar-refractivity contribution is 7.13. The molecule has 0 spiro atoms. The number of aryl methyl sites for hydroxylation is 1. The van der Waals surface area contributed by atoms with E-state index in [9.17, 15) is 18.0 Å². The molecule has 1 fully saturated rings. The lowest BCUT2D eigenvalue weighted by atomic mass is 9.83. The second-order valence-corrected chi connectivity index (χ2v) is 7.49. The predicted molar refractivity (Wildman–Crippen MR) is 92.1 cm³/mol. The largest absolute Gasteiger partial charge is 0.435 e. The van der Waals surface area contributed by atoms with Crippen LogP contribution in [0.5, 0.6) is 0 Å². The Kier molecular flexibility index (Phi) is 5.13. The number of amides is 1. The zero-order chi connectivity index (χ0) is 18.0. The van der Waals surface area contributed by atoms with E-state index in [4.69, 9.17) is 0 Å². The Morgan fingerprint density at radius 1 is 1.20 bits per heavy atom. The van der Waals surface area contributed by atoms with Crippen LogP contribution < -0.4 is 5.32 Å². The highest BCUT2D eigenvalue weighted by atomic mass is 32.1. The Morgan fingerprint density at radius 2 is 1.88 bits per heavy atom. The SMILES string of the molecule is Cc1nc(C(F)(F)F)c(C(=O)Nc2ccccc2C2CCCCC2)s1. The molecule has 0 aliphatic heterocycles. The number of nitrogens with one attached hydrogen (secondary N) is 1. The Morgan fingerprint density at radius 3 is 2.56 bits per heavy atom. The van der Waals surface area contributed by atoms with Crippen LogP contribution in [-0.4, -0.2) is 10.9 Å². The van der Waals surface area contributed by atoms with Crippen molar-refractivity contribution in [3.05, 3.63) is 45.4 Å². The normalized spacial score (nSPS) is 16.0. The van der Waals surface area contributed by atoms with Gasteiger partial charge in [0.25, 0.3) is 5.91 Å². The van der Waals surface area contributed by atoms with Crippen LogP contribution in [0, 0.1) is 6.92 Å². The third-order valence-corrected chi connectivity index (χ3v) is 5.43. The molecule has 1 N–H and O–H groups in total. The molecule has 1 heterocycles. The van der Waals surface area contributed by atoms with E-state index < -0.39 is 17.8 Å². The van der Waals surface area contributed by atoms with Crippen molar-refractivity contribution in [1.82, 2.24) is 4.98 Å². The number of aromatic nitrogens is 1. The molecule has 1 amide bonds. The number of anilines is 1. The number of benzene rings is 1. The minimum atomic E-state index is -4.64. The molecule has 2 aromatic rings. The van der Waals surface area contributed by atoms with Gasteiger partial charge in [-0.25, -0.2) is 4.98 Å². The van der Waals surface area contributed by atoms with Gasteiger partial charge in [-0.15, -0.1) is 11.3 Å². The van der Waals surface area contributed by atoms with E-state index in [1.165, 1.54) is 13.3 Å². The highest BCUT2D eigenvalue weighted by Gasteiger charge is 2.39. The first-order chi connectivity index (χ1) is 11.9. The van der Waals surface area contributed by atoms with Crippen molar-refractivity contribution in [3.63, 3.8) is 0 Å². The van der Waals surface area contributed by atoms with E-state index in [-0.39, 0.29) is 9.88 Å². The molecule has 0 saturated heterocycles. The number of halogens is 3. The van der Waals surface area contributed by atoms with Gasteiger partial charge in [0.15, 0.2) is 5.69 Å². The molecule has 1 aliphatic carbocycles. The van der Waals surface area contributed by atoms with Gasteiger partial charge in [-0.2, -0.15) is 13.2 Å². The fraction of sp³-hybridized carbons (Fsp3) is 0.444.